The van der Waals surface area contributed by atoms with Crippen molar-refractivity contribution in [1.29, 1.82) is 15.8 Å². The van der Waals surface area contributed by atoms with Gasteiger partial charge in [0.15, 0.2) is 0 Å². The lowest BCUT2D eigenvalue weighted by Crippen LogP contribution is -1.92. The molecule has 0 aromatic rings. The topological polar surface area (TPSA) is 71.4 Å². The van der Waals surface area contributed by atoms with Crippen LogP contribution in [0.4, 0.5) is 0 Å². The van der Waals surface area contributed by atoms with Crippen LogP contribution in [0.15, 0.2) is 0 Å². The molecule has 0 aliphatic rings. The molecule has 14 heavy (non-hydrogen) atoms. The zero-order valence-electron chi connectivity index (χ0n) is 8.37. The maximum Gasteiger partial charge on any atom is 0.133 e. The third kappa shape index (κ3) is 7.14. The van der Waals surface area contributed by atoms with Gasteiger partial charge in [-0.25, -0.2) is 0 Å². The standard InChI is InChI=1S/C11H15N3/c12-8-6-4-2-1-3-5-7-11(9-13)10-14/h11H,1-7H2. The molecule has 0 aromatic heterocycles. The summed E-state index contributed by atoms with van der Waals surface area (Å²) in [5.74, 6) is -0.436. The Hall–Kier alpha value is -1.53. The first-order chi connectivity index (χ1) is 6.85. The van der Waals surface area contributed by atoms with E-state index in [4.69, 9.17) is 15.8 Å². The molecule has 0 rings (SSSR count). The van der Waals surface area contributed by atoms with Gasteiger partial charge in [-0.15, -0.1) is 0 Å². The SMILES string of the molecule is N#CCCCCCCCC(C#N)C#N. The van der Waals surface area contributed by atoms with Crippen molar-refractivity contribution in [3.63, 3.8) is 0 Å². The maximum absolute atomic E-state index is 8.49. The lowest BCUT2D eigenvalue weighted by Gasteiger charge is -1.99. The average molecular weight is 189 g/mol. The zero-order chi connectivity index (χ0) is 10.6. The molecule has 0 amide bonds. The first-order valence-electron chi connectivity index (χ1n) is 5.01. The molecule has 3 heteroatoms. The van der Waals surface area contributed by atoms with E-state index in [0.29, 0.717) is 12.8 Å². The second-order valence-corrected chi connectivity index (χ2v) is 3.28. The molecule has 0 radical (unpaired) electrons. The average Bonchev–Trinajstić information content (AvgIpc) is 2.22. The van der Waals surface area contributed by atoms with E-state index in [-0.39, 0.29) is 0 Å². The van der Waals surface area contributed by atoms with Crippen LogP contribution in [0.5, 0.6) is 0 Å². The molecule has 0 saturated heterocycles. The largest absolute Gasteiger partial charge is 0.198 e. The van der Waals surface area contributed by atoms with Gasteiger partial charge in [-0.1, -0.05) is 25.7 Å². The van der Waals surface area contributed by atoms with Gasteiger partial charge in [-0.3, -0.25) is 0 Å². The Labute approximate surface area is 85.6 Å². The van der Waals surface area contributed by atoms with Crippen molar-refractivity contribution in [2.45, 2.75) is 44.9 Å². The maximum atomic E-state index is 8.49. The van der Waals surface area contributed by atoms with Crippen molar-refractivity contribution in [3.05, 3.63) is 0 Å². The van der Waals surface area contributed by atoms with Gasteiger partial charge in [0.2, 0.25) is 0 Å². The van der Waals surface area contributed by atoms with Gasteiger partial charge in [0.1, 0.15) is 5.92 Å². The van der Waals surface area contributed by atoms with Gasteiger partial charge < -0.3 is 0 Å². The van der Waals surface area contributed by atoms with E-state index in [1.165, 1.54) is 0 Å². The van der Waals surface area contributed by atoms with Crippen molar-refractivity contribution in [2.24, 2.45) is 5.92 Å². The number of rotatable bonds is 7. The van der Waals surface area contributed by atoms with Crippen LogP contribution in [0.2, 0.25) is 0 Å². The van der Waals surface area contributed by atoms with E-state index in [1.807, 2.05) is 12.1 Å². The normalized spacial score (nSPS) is 9.00. The second-order valence-electron chi connectivity index (χ2n) is 3.28. The predicted octanol–water partition coefficient (Wildman–Crippen LogP) is 2.90. The van der Waals surface area contributed by atoms with Crippen molar-refractivity contribution in [1.82, 2.24) is 0 Å². The molecule has 0 bridgehead atoms. The molecule has 0 spiro atoms. The summed E-state index contributed by atoms with van der Waals surface area (Å²) in [6, 6.07) is 6.03. The molecular weight excluding hydrogens is 174 g/mol. The number of hydrogen-bond donors (Lipinski definition) is 0. The second kappa shape index (κ2) is 9.56. The lowest BCUT2D eigenvalue weighted by molar-refractivity contribution is 0.576. The van der Waals surface area contributed by atoms with Crippen LogP contribution in [0, 0.1) is 39.9 Å². The van der Waals surface area contributed by atoms with Crippen molar-refractivity contribution < 1.29 is 0 Å². The van der Waals surface area contributed by atoms with E-state index < -0.39 is 5.92 Å². The summed E-state index contributed by atoms with van der Waals surface area (Å²) in [6.07, 6.45) is 6.48. The highest BCUT2D eigenvalue weighted by atomic mass is 14.3. The Morgan fingerprint density at radius 1 is 0.786 bits per heavy atom. The number of unbranched alkanes of at least 4 members (excludes halogenated alkanes) is 5. The highest BCUT2D eigenvalue weighted by Gasteiger charge is 2.03. The molecule has 0 aliphatic heterocycles. The summed E-state index contributed by atoms with van der Waals surface area (Å²) >= 11 is 0. The lowest BCUT2D eigenvalue weighted by atomic mass is 10.0. The Balaban J connectivity index is 3.19. The molecule has 0 fully saturated rings. The highest BCUT2D eigenvalue weighted by molar-refractivity contribution is 4.98. The van der Waals surface area contributed by atoms with Crippen molar-refractivity contribution in [3.8, 4) is 18.2 Å². The van der Waals surface area contributed by atoms with Crippen LogP contribution < -0.4 is 0 Å². The van der Waals surface area contributed by atoms with Crippen molar-refractivity contribution >= 4 is 0 Å². The fourth-order valence-electron chi connectivity index (χ4n) is 1.24. The third-order valence-corrected chi connectivity index (χ3v) is 2.09. The fraction of sp³-hybridized carbons (Fsp3) is 0.727. The fourth-order valence-corrected chi connectivity index (χ4v) is 1.24. The Bertz CT molecular complexity index is 237. The quantitative estimate of drug-likeness (QED) is 0.578. The van der Waals surface area contributed by atoms with Crippen molar-refractivity contribution in [2.75, 3.05) is 0 Å². The van der Waals surface area contributed by atoms with Gasteiger partial charge in [-0.2, -0.15) is 15.8 Å². The van der Waals surface area contributed by atoms with Crippen LogP contribution >= 0.6 is 0 Å². The third-order valence-electron chi connectivity index (χ3n) is 2.09. The minimum absolute atomic E-state index is 0.436. The van der Waals surface area contributed by atoms with Gasteiger partial charge in [0, 0.05) is 6.42 Å². The summed E-state index contributed by atoms with van der Waals surface area (Å²) in [7, 11) is 0. The smallest absolute Gasteiger partial charge is 0.133 e. The van der Waals surface area contributed by atoms with Crippen LogP contribution in [-0.2, 0) is 0 Å². The minimum atomic E-state index is -0.436. The van der Waals surface area contributed by atoms with Gasteiger partial charge >= 0.3 is 0 Å². The van der Waals surface area contributed by atoms with E-state index in [2.05, 4.69) is 6.07 Å². The molecule has 0 heterocycles. The zero-order valence-corrected chi connectivity index (χ0v) is 8.37. The van der Waals surface area contributed by atoms with E-state index in [9.17, 15) is 0 Å². The Kier molecular flexibility index (Phi) is 8.51. The van der Waals surface area contributed by atoms with Crippen LogP contribution in [-0.4, -0.2) is 0 Å². The van der Waals surface area contributed by atoms with E-state index in [0.717, 1.165) is 32.1 Å². The summed E-state index contributed by atoms with van der Waals surface area (Å²) in [6.45, 7) is 0. The Morgan fingerprint density at radius 3 is 1.93 bits per heavy atom. The number of nitriles is 3. The number of nitrogens with zero attached hydrogens (tertiary/aromatic N) is 3. The van der Waals surface area contributed by atoms with Crippen LogP contribution in [0.25, 0.3) is 0 Å². The first-order valence-corrected chi connectivity index (χ1v) is 5.01. The van der Waals surface area contributed by atoms with Crippen LogP contribution in [0.3, 0.4) is 0 Å². The predicted molar refractivity (Wildman–Crippen MR) is 52.6 cm³/mol. The molecule has 0 N–H and O–H groups in total. The Morgan fingerprint density at radius 2 is 1.36 bits per heavy atom. The first kappa shape index (κ1) is 12.5. The van der Waals surface area contributed by atoms with Crippen LogP contribution in [0.1, 0.15) is 44.9 Å². The molecule has 3 nitrogen and oxygen atoms in total. The van der Waals surface area contributed by atoms with E-state index in [1.54, 1.807) is 0 Å². The summed E-state index contributed by atoms with van der Waals surface area (Å²) < 4.78 is 0. The molecule has 0 unspecified atom stereocenters. The summed E-state index contributed by atoms with van der Waals surface area (Å²) in [5, 5.41) is 25.3. The summed E-state index contributed by atoms with van der Waals surface area (Å²) in [4.78, 5) is 0. The van der Waals surface area contributed by atoms with Gasteiger partial charge in [0.25, 0.3) is 0 Å². The molecule has 0 aromatic carbocycles. The molecule has 0 aliphatic carbocycles. The minimum Gasteiger partial charge on any atom is -0.198 e. The van der Waals surface area contributed by atoms with Gasteiger partial charge in [-0.05, 0) is 12.8 Å². The molecule has 0 saturated carbocycles. The number of hydrogen-bond acceptors (Lipinski definition) is 3. The summed E-state index contributed by atoms with van der Waals surface area (Å²) in [5.41, 5.74) is 0. The van der Waals surface area contributed by atoms with E-state index >= 15 is 0 Å². The molecular formula is C11H15N3. The molecule has 74 valence electrons. The monoisotopic (exact) mass is 189 g/mol. The molecule has 0 atom stereocenters. The van der Waals surface area contributed by atoms with Gasteiger partial charge in [0.05, 0.1) is 18.2 Å². The highest BCUT2D eigenvalue weighted by Crippen LogP contribution is 2.10.